The third-order valence-corrected chi connectivity index (χ3v) is 6.40. The molecule has 0 unspecified atom stereocenters. The predicted molar refractivity (Wildman–Crippen MR) is 137 cm³/mol. The number of methoxy groups -OCH3 is 1. The fourth-order valence-corrected chi connectivity index (χ4v) is 4.46. The van der Waals surface area contributed by atoms with Crippen molar-refractivity contribution in [2.75, 3.05) is 7.11 Å². The summed E-state index contributed by atoms with van der Waals surface area (Å²) in [7, 11) is 1.58. The molecule has 0 aliphatic rings. The molecule has 0 saturated carbocycles. The van der Waals surface area contributed by atoms with Crippen LogP contribution in [-0.4, -0.2) is 17.8 Å². The van der Waals surface area contributed by atoms with Crippen LogP contribution >= 0.6 is 11.3 Å². The number of non-ortho nitro benzene ring substituents is 1. The van der Waals surface area contributed by atoms with E-state index < -0.39 is 4.92 Å². The first kappa shape index (κ1) is 23.9. The van der Waals surface area contributed by atoms with Gasteiger partial charge in [0.2, 0.25) is 0 Å². The van der Waals surface area contributed by atoms with Crippen LogP contribution < -0.4 is 9.47 Å². The van der Waals surface area contributed by atoms with Gasteiger partial charge in [-0.15, -0.1) is 11.3 Å². The molecule has 0 fully saturated rings. The van der Waals surface area contributed by atoms with Crippen LogP contribution in [0.2, 0.25) is 0 Å². The minimum Gasteiger partial charge on any atom is -0.496 e. The van der Waals surface area contributed by atoms with Crippen LogP contribution in [0.4, 0.5) is 5.69 Å². The Balaban J connectivity index is 1.41. The van der Waals surface area contributed by atoms with Gasteiger partial charge in [-0.05, 0) is 53.6 Å². The lowest BCUT2D eigenvalue weighted by Crippen LogP contribution is -1.99. The molecule has 0 amide bonds. The van der Waals surface area contributed by atoms with Gasteiger partial charge in [-0.25, -0.2) is 0 Å². The van der Waals surface area contributed by atoms with E-state index in [1.807, 2.05) is 48.5 Å². The van der Waals surface area contributed by atoms with Gasteiger partial charge in [-0.3, -0.25) is 14.9 Å². The molecule has 0 radical (unpaired) electrons. The van der Waals surface area contributed by atoms with Crippen molar-refractivity contribution >= 4 is 28.9 Å². The topological polar surface area (TPSA) is 78.7 Å². The first-order valence-corrected chi connectivity index (χ1v) is 11.7. The van der Waals surface area contributed by atoms with Crippen LogP contribution in [0, 0.1) is 10.1 Å². The van der Waals surface area contributed by atoms with E-state index in [0.29, 0.717) is 16.4 Å². The van der Waals surface area contributed by atoms with Crippen molar-refractivity contribution < 1.29 is 19.2 Å². The second-order valence-corrected chi connectivity index (χ2v) is 8.91. The molecule has 0 saturated heterocycles. The molecule has 3 aromatic carbocycles. The van der Waals surface area contributed by atoms with Crippen molar-refractivity contribution in [3.63, 3.8) is 0 Å². The van der Waals surface area contributed by atoms with E-state index in [-0.39, 0.29) is 18.1 Å². The molecule has 0 spiro atoms. The second-order valence-electron chi connectivity index (χ2n) is 7.74. The van der Waals surface area contributed by atoms with Crippen LogP contribution in [0.25, 0.3) is 6.08 Å². The summed E-state index contributed by atoms with van der Waals surface area (Å²) in [4.78, 5) is 24.9. The molecule has 0 aliphatic carbocycles. The highest BCUT2D eigenvalue weighted by atomic mass is 32.1. The zero-order valence-electron chi connectivity index (χ0n) is 19.0. The molecule has 4 rings (SSSR count). The highest BCUT2D eigenvalue weighted by Crippen LogP contribution is 2.25. The molecule has 0 atom stereocenters. The maximum atomic E-state index is 12.7. The molecule has 4 aromatic rings. The van der Waals surface area contributed by atoms with Crippen LogP contribution in [0.1, 0.15) is 31.2 Å². The number of hydrogen-bond acceptors (Lipinski definition) is 6. The number of benzene rings is 3. The Hall–Kier alpha value is -4.23. The molecule has 176 valence electrons. The largest absolute Gasteiger partial charge is 0.496 e. The van der Waals surface area contributed by atoms with Crippen molar-refractivity contribution in [1.82, 2.24) is 0 Å². The highest BCUT2D eigenvalue weighted by molar-refractivity contribution is 7.14. The van der Waals surface area contributed by atoms with Crippen molar-refractivity contribution in [3.8, 4) is 11.5 Å². The number of hydrogen-bond donors (Lipinski definition) is 0. The van der Waals surface area contributed by atoms with Crippen molar-refractivity contribution in [1.29, 1.82) is 0 Å². The zero-order chi connectivity index (χ0) is 24.6. The van der Waals surface area contributed by atoms with Gasteiger partial charge >= 0.3 is 0 Å². The smallest absolute Gasteiger partial charge is 0.269 e. The fraction of sp³-hybridized carbons (Fsp3) is 0.107. The van der Waals surface area contributed by atoms with Crippen LogP contribution in [0.5, 0.6) is 11.5 Å². The number of rotatable bonds is 10. The van der Waals surface area contributed by atoms with Crippen molar-refractivity contribution in [2.24, 2.45) is 0 Å². The molecule has 1 heterocycles. The number of nitro groups is 1. The number of ether oxygens (including phenoxy) is 2. The summed E-state index contributed by atoms with van der Waals surface area (Å²) in [5, 5.41) is 10.8. The van der Waals surface area contributed by atoms with Crippen LogP contribution in [0.15, 0.2) is 91.0 Å². The standard InChI is InChI=1S/C28H23NO5S/c1-33-27-15-8-21(17-22(27)19-34-24-11-9-23(10-12-24)29(31)32)7-14-26(30)28-16-13-25(35-28)18-20-5-3-2-4-6-20/h2-17H,18-19H2,1H3/b14-7+. The molecular weight excluding hydrogens is 462 g/mol. The summed E-state index contributed by atoms with van der Waals surface area (Å²) >= 11 is 1.51. The predicted octanol–water partition coefficient (Wildman–Crippen LogP) is 6.73. The monoisotopic (exact) mass is 485 g/mol. The quantitative estimate of drug-likeness (QED) is 0.108. The first-order chi connectivity index (χ1) is 17.0. The van der Waals surface area contributed by atoms with Gasteiger partial charge in [0.1, 0.15) is 18.1 Å². The molecule has 7 heteroatoms. The van der Waals surface area contributed by atoms with Gasteiger partial charge in [-0.2, -0.15) is 0 Å². The second kappa shape index (κ2) is 11.3. The fourth-order valence-electron chi connectivity index (χ4n) is 3.50. The normalized spacial score (nSPS) is 10.9. The Morgan fingerprint density at radius 3 is 2.49 bits per heavy atom. The maximum absolute atomic E-state index is 12.7. The third-order valence-electron chi connectivity index (χ3n) is 5.30. The lowest BCUT2D eigenvalue weighted by atomic mass is 10.1. The minimum absolute atomic E-state index is 0.00431. The van der Waals surface area contributed by atoms with Gasteiger partial charge < -0.3 is 9.47 Å². The highest BCUT2D eigenvalue weighted by Gasteiger charge is 2.09. The number of nitro benzene ring substituents is 1. The summed E-state index contributed by atoms with van der Waals surface area (Å²) in [6, 6.07) is 25.5. The van der Waals surface area contributed by atoms with Gasteiger partial charge in [0.15, 0.2) is 5.78 Å². The van der Waals surface area contributed by atoms with Crippen LogP contribution in [0.3, 0.4) is 0 Å². The van der Waals surface area contributed by atoms with Crippen LogP contribution in [-0.2, 0) is 13.0 Å². The average Bonchev–Trinajstić information content (AvgIpc) is 3.35. The van der Waals surface area contributed by atoms with E-state index >= 15 is 0 Å². The van der Waals surface area contributed by atoms with E-state index in [9.17, 15) is 14.9 Å². The Morgan fingerprint density at radius 2 is 1.77 bits per heavy atom. The molecule has 6 nitrogen and oxygen atoms in total. The summed E-state index contributed by atoms with van der Waals surface area (Å²) < 4.78 is 11.2. The van der Waals surface area contributed by atoms with E-state index in [2.05, 4.69) is 12.1 Å². The lowest BCUT2D eigenvalue weighted by Gasteiger charge is -2.11. The minimum atomic E-state index is -0.454. The SMILES string of the molecule is COc1ccc(/C=C/C(=O)c2ccc(Cc3ccccc3)s2)cc1COc1ccc([N+](=O)[O-])cc1. The number of allylic oxidation sites excluding steroid dienone is 1. The number of nitrogens with zero attached hydrogens (tertiary/aromatic N) is 1. The van der Waals surface area contributed by atoms with E-state index in [1.54, 1.807) is 31.4 Å². The number of carbonyl (C=O) groups excluding carboxylic acids is 1. The van der Waals surface area contributed by atoms with Gasteiger partial charge in [-0.1, -0.05) is 42.5 Å². The summed E-state index contributed by atoms with van der Waals surface area (Å²) in [6.07, 6.45) is 4.15. The molecular formula is C28H23NO5S. The maximum Gasteiger partial charge on any atom is 0.269 e. The van der Waals surface area contributed by atoms with E-state index in [1.165, 1.54) is 29.0 Å². The van der Waals surface area contributed by atoms with Crippen molar-refractivity contribution in [2.45, 2.75) is 13.0 Å². The summed E-state index contributed by atoms with van der Waals surface area (Å²) in [5.74, 6) is 1.12. The van der Waals surface area contributed by atoms with Gasteiger partial charge in [0, 0.05) is 29.0 Å². The Labute approximate surface area is 207 Å². The first-order valence-electron chi connectivity index (χ1n) is 10.9. The zero-order valence-corrected chi connectivity index (χ0v) is 19.9. The number of carbonyl (C=O) groups is 1. The number of thiophene rings is 1. The van der Waals surface area contributed by atoms with E-state index in [0.717, 1.165) is 22.4 Å². The Bertz CT molecular complexity index is 1340. The number of ketones is 1. The Morgan fingerprint density at radius 1 is 1.00 bits per heavy atom. The summed E-state index contributed by atoms with van der Waals surface area (Å²) in [6.45, 7) is 0.213. The summed E-state index contributed by atoms with van der Waals surface area (Å²) in [5.41, 5.74) is 2.85. The molecule has 0 N–H and O–H groups in total. The van der Waals surface area contributed by atoms with E-state index in [4.69, 9.17) is 9.47 Å². The molecule has 35 heavy (non-hydrogen) atoms. The van der Waals surface area contributed by atoms with Gasteiger partial charge in [0.25, 0.3) is 5.69 Å². The molecule has 0 bridgehead atoms. The third kappa shape index (κ3) is 6.43. The Kier molecular flexibility index (Phi) is 7.70. The lowest BCUT2D eigenvalue weighted by molar-refractivity contribution is -0.384. The average molecular weight is 486 g/mol. The van der Waals surface area contributed by atoms with Gasteiger partial charge in [0.05, 0.1) is 16.9 Å². The molecule has 0 aliphatic heterocycles. The molecule has 1 aromatic heterocycles. The van der Waals surface area contributed by atoms with Crippen molar-refractivity contribution in [3.05, 3.63) is 128 Å².